The molecule has 1 aliphatic carbocycles. The SMILES string of the molecule is COc1cccc2c1C(=O)c1c(O)c3c(c(O)c1C2=O)CC1(C)/C(=N/OCc2ccncc2)CC3N1Cc1ccncc1. The summed E-state index contributed by atoms with van der Waals surface area (Å²) in [7, 11) is 1.42. The van der Waals surface area contributed by atoms with Crippen molar-refractivity contribution >= 4 is 17.3 Å². The number of oxime groups is 1. The first-order valence-electron chi connectivity index (χ1n) is 13.9. The lowest BCUT2D eigenvalue weighted by atomic mass is 9.76. The van der Waals surface area contributed by atoms with E-state index in [0.29, 0.717) is 24.1 Å². The standard InChI is InChI=1S/C33H28N4O6/c1-33-15-21-25(31(40)28-27(30(21)39)29(38)20-4-3-5-23(42-2)26(20)32(28)41)22(37(33)16-18-6-10-34-11-7-18)14-24(33)36-43-17-19-8-12-35-13-9-19/h3-13,22,39-40H,14-17H2,1-2H3/b36-24+. The van der Waals surface area contributed by atoms with Crippen LogP contribution < -0.4 is 4.74 Å². The summed E-state index contributed by atoms with van der Waals surface area (Å²) < 4.78 is 5.39. The number of aromatic nitrogens is 2. The fourth-order valence-corrected chi connectivity index (χ4v) is 6.75. The minimum atomic E-state index is -0.722. The zero-order chi connectivity index (χ0) is 29.9. The predicted octanol–water partition coefficient (Wildman–Crippen LogP) is 4.51. The molecule has 2 aromatic heterocycles. The van der Waals surface area contributed by atoms with E-state index in [1.807, 2.05) is 31.2 Å². The molecular formula is C33H28N4O6. The Morgan fingerprint density at radius 2 is 1.60 bits per heavy atom. The molecule has 4 heterocycles. The maximum absolute atomic E-state index is 13.9. The first-order chi connectivity index (χ1) is 20.8. The molecule has 0 spiro atoms. The highest BCUT2D eigenvalue weighted by Gasteiger charge is 2.56. The van der Waals surface area contributed by atoms with E-state index in [0.717, 1.165) is 16.8 Å². The molecule has 43 heavy (non-hydrogen) atoms. The molecule has 2 atom stereocenters. The summed E-state index contributed by atoms with van der Waals surface area (Å²) in [5, 5.41) is 28.1. The highest BCUT2D eigenvalue weighted by molar-refractivity contribution is 6.31. The van der Waals surface area contributed by atoms with Crippen LogP contribution in [0.25, 0.3) is 0 Å². The summed E-state index contributed by atoms with van der Waals surface area (Å²) in [4.78, 5) is 43.8. The molecule has 4 aromatic rings. The number of fused-ring (bicyclic) bond motifs is 6. The number of rotatable bonds is 6. The van der Waals surface area contributed by atoms with Gasteiger partial charge in [0.2, 0.25) is 5.78 Å². The van der Waals surface area contributed by atoms with Gasteiger partial charge in [-0.2, -0.15) is 0 Å². The van der Waals surface area contributed by atoms with Gasteiger partial charge in [0.1, 0.15) is 23.9 Å². The quantitative estimate of drug-likeness (QED) is 0.221. The first-order valence-corrected chi connectivity index (χ1v) is 13.9. The van der Waals surface area contributed by atoms with Gasteiger partial charge < -0.3 is 19.8 Å². The van der Waals surface area contributed by atoms with Gasteiger partial charge in [-0.15, -0.1) is 0 Å². The highest BCUT2D eigenvalue weighted by atomic mass is 16.6. The molecule has 1 fully saturated rings. The van der Waals surface area contributed by atoms with Gasteiger partial charge in [0, 0.05) is 66.9 Å². The Morgan fingerprint density at radius 3 is 2.30 bits per heavy atom. The van der Waals surface area contributed by atoms with Crippen LogP contribution in [0.4, 0.5) is 0 Å². The largest absolute Gasteiger partial charge is 0.507 e. The summed E-state index contributed by atoms with van der Waals surface area (Å²) in [5.74, 6) is -1.46. The Labute approximate surface area is 247 Å². The number of benzene rings is 2. The Balaban J connectivity index is 1.36. The van der Waals surface area contributed by atoms with Crippen LogP contribution in [0.3, 0.4) is 0 Å². The second-order valence-corrected chi connectivity index (χ2v) is 11.2. The number of ether oxygens (including phenoxy) is 1. The van der Waals surface area contributed by atoms with Crippen molar-refractivity contribution in [1.82, 2.24) is 14.9 Å². The number of carbonyl (C=O) groups excluding carboxylic acids is 2. The van der Waals surface area contributed by atoms with Crippen molar-refractivity contribution in [3.05, 3.63) is 112 Å². The van der Waals surface area contributed by atoms with E-state index in [1.165, 1.54) is 13.2 Å². The van der Waals surface area contributed by atoms with Crippen molar-refractivity contribution in [3.63, 3.8) is 0 Å². The van der Waals surface area contributed by atoms with Crippen LogP contribution in [0.1, 0.15) is 73.5 Å². The van der Waals surface area contributed by atoms with Crippen LogP contribution in [0.5, 0.6) is 17.2 Å². The lowest BCUT2D eigenvalue weighted by molar-refractivity contribution is 0.0955. The van der Waals surface area contributed by atoms with E-state index in [1.54, 1.807) is 36.9 Å². The Morgan fingerprint density at radius 1 is 0.930 bits per heavy atom. The lowest BCUT2D eigenvalue weighted by Gasteiger charge is -2.44. The molecule has 2 aliphatic heterocycles. The van der Waals surface area contributed by atoms with Gasteiger partial charge in [0.05, 0.1) is 35.1 Å². The maximum Gasteiger partial charge on any atom is 0.202 e. The van der Waals surface area contributed by atoms with Crippen LogP contribution in [-0.4, -0.2) is 55.0 Å². The number of methoxy groups -OCH3 is 1. The van der Waals surface area contributed by atoms with Gasteiger partial charge in [-0.05, 0) is 48.4 Å². The number of phenolic OH excluding ortho intramolecular Hbond substituents is 2. The van der Waals surface area contributed by atoms with Crippen molar-refractivity contribution in [2.45, 2.75) is 44.5 Å². The third-order valence-corrected chi connectivity index (χ3v) is 8.89. The predicted molar refractivity (Wildman–Crippen MR) is 155 cm³/mol. The van der Waals surface area contributed by atoms with Crippen LogP contribution >= 0.6 is 0 Å². The topological polar surface area (TPSA) is 134 Å². The van der Waals surface area contributed by atoms with Crippen molar-refractivity contribution in [2.24, 2.45) is 5.16 Å². The molecule has 7 rings (SSSR count). The fourth-order valence-electron chi connectivity index (χ4n) is 6.75. The normalized spacial score (nSPS) is 21.3. The summed E-state index contributed by atoms with van der Waals surface area (Å²) >= 11 is 0. The number of hydrogen-bond donors (Lipinski definition) is 2. The van der Waals surface area contributed by atoms with Crippen LogP contribution in [0.2, 0.25) is 0 Å². The third kappa shape index (κ3) is 4.01. The molecule has 0 amide bonds. The van der Waals surface area contributed by atoms with Gasteiger partial charge in [0.25, 0.3) is 0 Å². The van der Waals surface area contributed by atoms with Crippen LogP contribution in [-0.2, 0) is 24.4 Å². The minimum absolute atomic E-state index is 0.0737. The van der Waals surface area contributed by atoms with E-state index in [4.69, 9.17) is 9.57 Å². The third-order valence-electron chi connectivity index (χ3n) is 8.89. The van der Waals surface area contributed by atoms with Crippen molar-refractivity contribution in [1.29, 1.82) is 0 Å². The molecule has 2 aromatic carbocycles. The summed E-state index contributed by atoms with van der Waals surface area (Å²) in [6, 6.07) is 11.8. The molecule has 0 radical (unpaired) electrons. The smallest absolute Gasteiger partial charge is 0.202 e. The number of nitrogens with zero attached hydrogens (tertiary/aromatic N) is 4. The van der Waals surface area contributed by atoms with Crippen molar-refractivity contribution < 1.29 is 29.4 Å². The zero-order valence-electron chi connectivity index (χ0n) is 23.6. The highest BCUT2D eigenvalue weighted by Crippen LogP contribution is 2.56. The molecule has 2 bridgehead atoms. The number of aromatic hydroxyl groups is 2. The van der Waals surface area contributed by atoms with E-state index in [2.05, 4.69) is 20.0 Å². The molecule has 216 valence electrons. The molecular weight excluding hydrogens is 548 g/mol. The van der Waals surface area contributed by atoms with Gasteiger partial charge in [-0.1, -0.05) is 17.3 Å². The zero-order valence-corrected chi connectivity index (χ0v) is 23.6. The summed E-state index contributed by atoms with van der Waals surface area (Å²) in [6.07, 6.45) is 7.44. The molecule has 2 N–H and O–H groups in total. The maximum atomic E-state index is 13.9. The van der Waals surface area contributed by atoms with E-state index in [9.17, 15) is 19.8 Å². The monoisotopic (exact) mass is 576 g/mol. The summed E-state index contributed by atoms with van der Waals surface area (Å²) in [5.41, 5.74) is 2.59. The van der Waals surface area contributed by atoms with Gasteiger partial charge in [-0.3, -0.25) is 24.5 Å². The van der Waals surface area contributed by atoms with E-state index in [-0.39, 0.29) is 52.5 Å². The molecule has 3 aliphatic rings. The second kappa shape index (κ2) is 10.0. The minimum Gasteiger partial charge on any atom is -0.507 e. The van der Waals surface area contributed by atoms with Gasteiger partial charge >= 0.3 is 0 Å². The van der Waals surface area contributed by atoms with Crippen molar-refractivity contribution in [2.75, 3.05) is 7.11 Å². The first kappa shape index (κ1) is 26.8. The van der Waals surface area contributed by atoms with E-state index >= 15 is 0 Å². The average Bonchev–Trinajstić information content (AvgIpc) is 3.19. The average molecular weight is 577 g/mol. The van der Waals surface area contributed by atoms with Gasteiger partial charge in [0.15, 0.2) is 5.78 Å². The van der Waals surface area contributed by atoms with Crippen LogP contribution in [0, 0.1) is 0 Å². The Hall–Kier alpha value is -5.09. The second-order valence-electron chi connectivity index (χ2n) is 11.2. The Bertz CT molecular complexity index is 1820. The Kier molecular flexibility index (Phi) is 6.24. The molecule has 1 saturated heterocycles. The van der Waals surface area contributed by atoms with E-state index < -0.39 is 23.1 Å². The lowest BCUT2D eigenvalue weighted by Crippen LogP contribution is -2.50. The number of ketones is 2. The number of carbonyl (C=O) groups is 2. The number of hydrogen-bond acceptors (Lipinski definition) is 10. The van der Waals surface area contributed by atoms with Gasteiger partial charge in [-0.25, -0.2) is 0 Å². The fraction of sp³-hybridized carbons (Fsp3) is 0.242. The number of pyridine rings is 2. The molecule has 0 saturated carbocycles. The molecule has 10 heteroatoms. The van der Waals surface area contributed by atoms with Crippen LogP contribution in [0.15, 0.2) is 72.4 Å². The number of phenols is 2. The summed E-state index contributed by atoms with van der Waals surface area (Å²) in [6.45, 7) is 2.76. The molecule has 2 unspecified atom stereocenters. The van der Waals surface area contributed by atoms with Crippen molar-refractivity contribution in [3.8, 4) is 17.2 Å². The molecule has 10 nitrogen and oxygen atoms in total.